The van der Waals surface area contributed by atoms with Crippen LogP contribution in [0.3, 0.4) is 0 Å². The summed E-state index contributed by atoms with van der Waals surface area (Å²) in [5, 5.41) is 12.9. The van der Waals surface area contributed by atoms with Crippen molar-refractivity contribution in [1.29, 1.82) is 0 Å². The summed E-state index contributed by atoms with van der Waals surface area (Å²) in [6.45, 7) is 0. The van der Waals surface area contributed by atoms with E-state index in [0.717, 1.165) is 20.8 Å². The molecule has 24 heavy (non-hydrogen) atoms. The molecular weight excluding hydrogens is 365 g/mol. The van der Waals surface area contributed by atoms with E-state index in [1.807, 2.05) is 18.2 Å². The minimum Gasteiger partial charge on any atom is -0.322 e. The molecule has 0 aliphatic carbocycles. The van der Waals surface area contributed by atoms with E-state index in [-0.39, 0.29) is 0 Å². The third kappa shape index (κ3) is 2.80. The quantitative estimate of drug-likeness (QED) is 0.534. The van der Waals surface area contributed by atoms with Gasteiger partial charge in [-0.05, 0) is 30.3 Å². The number of hydrogen-bond acceptors (Lipinski definition) is 6. The zero-order valence-electron chi connectivity index (χ0n) is 12.1. The Morgan fingerprint density at radius 3 is 2.54 bits per heavy atom. The number of nitrogens with one attached hydrogen (secondary N) is 1. The Balaban J connectivity index is 1.83. The highest BCUT2D eigenvalue weighted by Crippen LogP contribution is 2.40. The summed E-state index contributed by atoms with van der Waals surface area (Å²) in [7, 11) is 0. The normalized spacial score (nSPS) is 10.9. The van der Waals surface area contributed by atoms with Crippen LogP contribution in [-0.4, -0.2) is 20.2 Å². The monoisotopic (exact) mass is 373 g/mol. The number of aromatic nitrogens is 4. The van der Waals surface area contributed by atoms with E-state index >= 15 is 0 Å². The number of rotatable bonds is 3. The largest absolute Gasteiger partial charge is 0.322 e. The molecule has 3 heterocycles. The molecule has 0 saturated carbocycles. The lowest BCUT2D eigenvalue weighted by Gasteiger charge is -2.03. The third-order valence-corrected chi connectivity index (χ3v) is 5.03. The first-order chi connectivity index (χ1) is 11.7. The predicted octanol–water partition coefficient (Wildman–Crippen LogP) is 5.20. The second kappa shape index (κ2) is 6.32. The van der Waals surface area contributed by atoms with Gasteiger partial charge in [-0.15, -0.1) is 16.4 Å². The van der Waals surface area contributed by atoms with Gasteiger partial charge in [0.25, 0.3) is 0 Å². The molecule has 0 amide bonds. The molecule has 8 heteroatoms. The summed E-state index contributed by atoms with van der Waals surface area (Å²) in [6, 6.07) is 10.9. The Bertz CT molecular complexity index is 999. The van der Waals surface area contributed by atoms with Gasteiger partial charge in [-0.3, -0.25) is 0 Å². The van der Waals surface area contributed by atoms with Crippen molar-refractivity contribution in [2.75, 3.05) is 5.32 Å². The Labute approximate surface area is 151 Å². The van der Waals surface area contributed by atoms with Gasteiger partial charge in [0, 0.05) is 18.0 Å². The van der Waals surface area contributed by atoms with Crippen LogP contribution in [0.2, 0.25) is 10.0 Å². The maximum Gasteiger partial charge on any atom is 0.154 e. The molecule has 5 nitrogen and oxygen atoms in total. The summed E-state index contributed by atoms with van der Waals surface area (Å²) < 4.78 is 0.897. The molecule has 0 aliphatic rings. The molecule has 1 N–H and O–H groups in total. The molecule has 1 aromatic carbocycles. The molecule has 0 radical (unpaired) electrons. The molecule has 4 rings (SSSR count). The molecule has 4 aromatic rings. The fourth-order valence-corrected chi connectivity index (χ4v) is 4.01. The van der Waals surface area contributed by atoms with Crippen LogP contribution in [0.5, 0.6) is 0 Å². The van der Waals surface area contributed by atoms with Gasteiger partial charge in [0.1, 0.15) is 5.01 Å². The second-order valence-corrected chi connectivity index (χ2v) is 6.67. The van der Waals surface area contributed by atoms with Crippen LogP contribution < -0.4 is 5.32 Å². The first-order valence-electron chi connectivity index (χ1n) is 6.97. The Kier molecular flexibility index (Phi) is 4.02. The summed E-state index contributed by atoms with van der Waals surface area (Å²) >= 11 is 14.1. The van der Waals surface area contributed by atoms with E-state index in [2.05, 4.69) is 25.5 Å². The van der Waals surface area contributed by atoms with Crippen molar-refractivity contribution in [3.8, 4) is 10.6 Å². The van der Waals surface area contributed by atoms with Crippen molar-refractivity contribution in [2.24, 2.45) is 0 Å². The fraction of sp³-hybridized carbons (Fsp3) is 0. The van der Waals surface area contributed by atoms with Gasteiger partial charge in [0.05, 0.1) is 20.3 Å². The van der Waals surface area contributed by atoms with Gasteiger partial charge in [0.15, 0.2) is 11.6 Å². The van der Waals surface area contributed by atoms with Crippen LogP contribution in [0.1, 0.15) is 0 Å². The summed E-state index contributed by atoms with van der Waals surface area (Å²) in [5.74, 6) is 1.28. The Morgan fingerprint density at radius 1 is 0.958 bits per heavy atom. The smallest absolute Gasteiger partial charge is 0.154 e. The standard InChI is InChI=1S/C16H9Cl2N5S/c17-9-3-1-4-10(18)13(9)16-21-11-6-8-19-15(14(11)24-16)22-12-5-2-7-20-23-12/h1-8H,(H,19,22,23). The van der Waals surface area contributed by atoms with Gasteiger partial charge in [-0.2, -0.15) is 5.10 Å². The van der Waals surface area contributed by atoms with Crippen molar-refractivity contribution in [2.45, 2.75) is 0 Å². The first kappa shape index (κ1) is 15.3. The van der Waals surface area contributed by atoms with Crippen molar-refractivity contribution in [3.05, 3.63) is 58.8 Å². The number of benzene rings is 1. The van der Waals surface area contributed by atoms with Crippen molar-refractivity contribution >= 4 is 56.4 Å². The van der Waals surface area contributed by atoms with Gasteiger partial charge in [0.2, 0.25) is 0 Å². The molecule has 0 aliphatic heterocycles. The average Bonchev–Trinajstić information content (AvgIpc) is 3.00. The van der Waals surface area contributed by atoms with Crippen molar-refractivity contribution in [1.82, 2.24) is 20.2 Å². The zero-order chi connectivity index (χ0) is 16.5. The number of nitrogens with zero attached hydrogens (tertiary/aromatic N) is 4. The molecule has 118 valence electrons. The minimum atomic E-state index is 0.568. The summed E-state index contributed by atoms with van der Waals surface area (Å²) in [4.78, 5) is 9.02. The topological polar surface area (TPSA) is 63.6 Å². The maximum atomic E-state index is 6.29. The van der Waals surface area contributed by atoms with Gasteiger partial charge in [-0.25, -0.2) is 9.97 Å². The van der Waals surface area contributed by atoms with Crippen molar-refractivity contribution in [3.63, 3.8) is 0 Å². The van der Waals surface area contributed by atoms with E-state index in [1.54, 1.807) is 30.6 Å². The number of thiazole rings is 1. The molecule has 3 aromatic heterocycles. The van der Waals surface area contributed by atoms with E-state index in [4.69, 9.17) is 23.2 Å². The number of pyridine rings is 1. The fourth-order valence-electron chi connectivity index (χ4n) is 2.24. The third-order valence-electron chi connectivity index (χ3n) is 3.30. The maximum absolute atomic E-state index is 6.29. The highest BCUT2D eigenvalue weighted by Gasteiger charge is 2.15. The molecule has 0 saturated heterocycles. The highest BCUT2D eigenvalue weighted by atomic mass is 35.5. The lowest BCUT2D eigenvalue weighted by molar-refractivity contribution is 1.03. The zero-order valence-corrected chi connectivity index (χ0v) is 14.4. The number of halogens is 2. The molecule has 0 unspecified atom stereocenters. The lowest BCUT2D eigenvalue weighted by atomic mass is 10.2. The number of hydrogen-bond donors (Lipinski definition) is 1. The van der Waals surface area contributed by atoms with Gasteiger partial charge >= 0.3 is 0 Å². The predicted molar refractivity (Wildman–Crippen MR) is 98.2 cm³/mol. The second-order valence-electron chi connectivity index (χ2n) is 4.86. The minimum absolute atomic E-state index is 0.568. The molecule has 0 fully saturated rings. The van der Waals surface area contributed by atoms with Crippen LogP contribution in [0.15, 0.2) is 48.8 Å². The lowest BCUT2D eigenvalue weighted by Crippen LogP contribution is -1.96. The van der Waals surface area contributed by atoms with Crippen LogP contribution in [0.25, 0.3) is 20.8 Å². The molecular formula is C16H9Cl2N5S. The van der Waals surface area contributed by atoms with Crippen LogP contribution >= 0.6 is 34.5 Å². The molecule has 0 spiro atoms. The van der Waals surface area contributed by atoms with E-state index in [0.29, 0.717) is 21.7 Å². The number of anilines is 2. The summed E-state index contributed by atoms with van der Waals surface area (Å²) in [5.41, 5.74) is 1.54. The number of fused-ring (bicyclic) bond motifs is 1. The summed E-state index contributed by atoms with van der Waals surface area (Å²) in [6.07, 6.45) is 3.31. The Morgan fingerprint density at radius 2 is 1.79 bits per heavy atom. The van der Waals surface area contributed by atoms with E-state index in [1.165, 1.54) is 11.3 Å². The Hall–Kier alpha value is -2.28. The molecule has 0 bridgehead atoms. The molecule has 0 atom stereocenters. The average molecular weight is 374 g/mol. The highest BCUT2D eigenvalue weighted by molar-refractivity contribution is 7.22. The van der Waals surface area contributed by atoms with Gasteiger partial charge < -0.3 is 5.32 Å². The van der Waals surface area contributed by atoms with Gasteiger partial charge in [-0.1, -0.05) is 29.3 Å². The van der Waals surface area contributed by atoms with Crippen molar-refractivity contribution < 1.29 is 0 Å². The van der Waals surface area contributed by atoms with Crippen LogP contribution in [0.4, 0.5) is 11.6 Å². The van der Waals surface area contributed by atoms with Crippen LogP contribution in [0, 0.1) is 0 Å². The van der Waals surface area contributed by atoms with Crippen LogP contribution in [-0.2, 0) is 0 Å². The van der Waals surface area contributed by atoms with E-state index in [9.17, 15) is 0 Å². The SMILES string of the molecule is Clc1cccc(Cl)c1-c1nc2ccnc(Nc3cccnn3)c2s1. The van der Waals surface area contributed by atoms with E-state index < -0.39 is 0 Å². The first-order valence-corrected chi connectivity index (χ1v) is 8.54.